The first kappa shape index (κ1) is 17.2. The Bertz CT molecular complexity index is 642. The molecule has 0 heterocycles. The minimum absolute atomic E-state index is 0.0730. The molecule has 21 heavy (non-hydrogen) atoms. The molecule has 0 saturated heterocycles. The van der Waals surface area contributed by atoms with Crippen molar-refractivity contribution in [2.75, 3.05) is 0 Å². The Morgan fingerprint density at radius 2 is 1.48 bits per heavy atom. The molecule has 1 aromatic rings. The number of ketones is 3. The van der Waals surface area contributed by atoms with Crippen LogP contribution in [0.25, 0.3) is 0 Å². The number of hydrogen-bond acceptors (Lipinski definition) is 5. The molecule has 0 atom stereocenters. The number of hydrogen-bond donors (Lipinski definition) is 0. The van der Waals surface area contributed by atoms with Gasteiger partial charge in [0, 0.05) is 12.0 Å². The van der Waals surface area contributed by atoms with Crippen LogP contribution in [0.15, 0.2) is 29.2 Å². The van der Waals surface area contributed by atoms with Gasteiger partial charge in [-0.15, -0.1) is 0 Å². The highest BCUT2D eigenvalue weighted by Gasteiger charge is 2.35. The molecule has 1 rings (SSSR count). The van der Waals surface area contributed by atoms with E-state index in [2.05, 4.69) is 0 Å². The van der Waals surface area contributed by atoms with Crippen LogP contribution in [0, 0.1) is 0 Å². The number of benzene rings is 1. The average Bonchev–Trinajstić information content (AvgIpc) is 2.37. The first-order valence-electron chi connectivity index (χ1n) is 6.59. The molecule has 0 aliphatic heterocycles. The van der Waals surface area contributed by atoms with Crippen LogP contribution in [-0.4, -0.2) is 31.0 Å². The molecule has 0 bridgehead atoms. The topological polar surface area (TPSA) is 85.3 Å². The first-order chi connectivity index (χ1) is 9.71. The SMILES string of the molecule is CCCC(=O)c1ccc(S(=O)(=O)C(C(C)=O)C(C)=O)cc1. The van der Waals surface area contributed by atoms with Crippen molar-refractivity contribution in [2.24, 2.45) is 0 Å². The normalized spacial score (nSPS) is 11.4. The summed E-state index contributed by atoms with van der Waals surface area (Å²) in [4.78, 5) is 34.4. The molecule has 0 saturated carbocycles. The Balaban J connectivity index is 3.19. The maximum Gasteiger partial charge on any atom is 0.195 e. The van der Waals surface area contributed by atoms with E-state index in [1.165, 1.54) is 24.3 Å². The molecule has 0 N–H and O–H groups in total. The predicted octanol–water partition coefficient (Wildman–Crippen LogP) is 1.99. The smallest absolute Gasteiger partial charge is 0.195 e. The van der Waals surface area contributed by atoms with Gasteiger partial charge in [-0.3, -0.25) is 14.4 Å². The van der Waals surface area contributed by atoms with Crippen LogP contribution in [0.1, 0.15) is 44.0 Å². The molecular formula is C15H18O5S. The minimum Gasteiger partial charge on any atom is -0.298 e. The van der Waals surface area contributed by atoms with E-state index in [0.29, 0.717) is 18.4 Å². The summed E-state index contributed by atoms with van der Waals surface area (Å²) in [6.45, 7) is 4.02. The van der Waals surface area contributed by atoms with E-state index in [0.717, 1.165) is 13.8 Å². The molecule has 0 aliphatic carbocycles. The highest BCUT2D eigenvalue weighted by atomic mass is 32.2. The first-order valence-corrected chi connectivity index (χ1v) is 8.14. The van der Waals surface area contributed by atoms with Gasteiger partial charge in [-0.2, -0.15) is 0 Å². The predicted molar refractivity (Wildman–Crippen MR) is 78.0 cm³/mol. The molecule has 5 nitrogen and oxygen atoms in total. The highest BCUT2D eigenvalue weighted by Crippen LogP contribution is 2.19. The number of Topliss-reactive ketones (excluding diaryl/α,β-unsaturated/α-hetero) is 3. The Kier molecular flexibility index (Phi) is 5.54. The number of carbonyl (C=O) groups excluding carboxylic acids is 3. The molecule has 0 aliphatic rings. The molecular weight excluding hydrogens is 292 g/mol. The Morgan fingerprint density at radius 1 is 1.00 bits per heavy atom. The van der Waals surface area contributed by atoms with E-state index in [9.17, 15) is 22.8 Å². The molecule has 0 unspecified atom stereocenters. The summed E-state index contributed by atoms with van der Waals surface area (Å²) < 4.78 is 24.6. The van der Waals surface area contributed by atoms with E-state index in [1.807, 2.05) is 6.92 Å². The van der Waals surface area contributed by atoms with Gasteiger partial charge in [0.15, 0.2) is 32.4 Å². The van der Waals surface area contributed by atoms with Crippen molar-refractivity contribution in [2.45, 2.75) is 43.8 Å². The van der Waals surface area contributed by atoms with Gasteiger partial charge in [0.25, 0.3) is 0 Å². The lowest BCUT2D eigenvalue weighted by Gasteiger charge is -2.12. The van der Waals surface area contributed by atoms with Gasteiger partial charge in [-0.25, -0.2) is 8.42 Å². The van der Waals surface area contributed by atoms with Crippen LogP contribution in [0.4, 0.5) is 0 Å². The molecule has 0 fully saturated rings. The van der Waals surface area contributed by atoms with E-state index < -0.39 is 26.7 Å². The summed E-state index contributed by atoms with van der Waals surface area (Å²) in [6, 6.07) is 5.33. The van der Waals surface area contributed by atoms with Crippen LogP contribution in [-0.2, 0) is 19.4 Å². The largest absolute Gasteiger partial charge is 0.298 e. The van der Waals surface area contributed by atoms with Gasteiger partial charge in [0.05, 0.1) is 4.90 Å². The number of carbonyl (C=O) groups is 3. The zero-order chi connectivity index (χ0) is 16.2. The second-order valence-corrected chi connectivity index (χ2v) is 6.88. The zero-order valence-corrected chi connectivity index (χ0v) is 13.1. The van der Waals surface area contributed by atoms with Crippen molar-refractivity contribution in [3.05, 3.63) is 29.8 Å². The number of sulfone groups is 1. The zero-order valence-electron chi connectivity index (χ0n) is 12.3. The van der Waals surface area contributed by atoms with Crippen molar-refractivity contribution in [1.82, 2.24) is 0 Å². The molecule has 0 amide bonds. The van der Waals surface area contributed by atoms with E-state index in [-0.39, 0.29) is 10.7 Å². The molecule has 0 aromatic heterocycles. The van der Waals surface area contributed by atoms with Crippen LogP contribution in [0.3, 0.4) is 0 Å². The van der Waals surface area contributed by atoms with E-state index in [4.69, 9.17) is 0 Å². The maximum atomic E-state index is 12.3. The van der Waals surface area contributed by atoms with Crippen molar-refractivity contribution < 1.29 is 22.8 Å². The van der Waals surface area contributed by atoms with Gasteiger partial charge in [-0.1, -0.05) is 19.1 Å². The molecule has 1 aromatic carbocycles. The maximum absolute atomic E-state index is 12.3. The lowest BCUT2D eigenvalue weighted by atomic mass is 10.1. The van der Waals surface area contributed by atoms with Gasteiger partial charge in [0.1, 0.15) is 0 Å². The molecule has 114 valence electrons. The molecule has 0 radical (unpaired) electrons. The Hall–Kier alpha value is -1.82. The number of rotatable bonds is 7. The summed E-state index contributed by atoms with van der Waals surface area (Å²) in [5.41, 5.74) is 0.415. The fourth-order valence-electron chi connectivity index (χ4n) is 2.06. The summed E-state index contributed by atoms with van der Waals surface area (Å²) in [5.74, 6) is -1.50. The third-order valence-electron chi connectivity index (χ3n) is 3.03. The van der Waals surface area contributed by atoms with Crippen molar-refractivity contribution in [1.29, 1.82) is 0 Å². The second kappa shape index (κ2) is 6.76. The van der Waals surface area contributed by atoms with Crippen LogP contribution in [0.5, 0.6) is 0 Å². The summed E-state index contributed by atoms with van der Waals surface area (Å²) in [7, 11) is -4.06. The Labute approximate surface area is 124 Å². The van der Waals surface area contributed by atoms with Gasteiger partial charge < -0.3 is 0 Å². The summed E-state index contributed by atoms with van der Waals surface area (Å²) in [5, 5.41) is -1.69. The van der Waals surface area contributed by atoms with Crippen LogP contribution < -0.4 is 0 Å². The van der Waals surface area contributed by atoms with Crippen molar-refractivity contribution in [3.63, 3.8) is 0 Å². The Morgan fingerprint density at radius 3 is 1.86 bits per heavy atom. The van der Waals surface area contributed by atoms with Crippen LogP contribution in [0.2, 0.25) is 0 Å². The lowest BCUT2D eigenvalue weighted by molar-refractivity contribution is -0.124. The third kappa shape index (κ3) is 3.85. The lowest BCUT2D eigenvalue weighted by Crippen LogP contribution is -2.35. The van der Waals surface area contributed by atoms with E-state index in [1.54, 1.807) is 0 Å². The van der Waals surface area contributed by atoms with Crippen molar-refractivity contribution in [3.8, 4) is 0 Å². The summed E-state index contributed by atoms with van der Waals surface area (Å²) in [6.07, 6.45) is 1.09. The molecule has 0 spiro atoms. The van der Waals surface area contributed by atoms with Gasteiger partial charge in [-0.05, 0) is 32.4 Å². The molecule has 6 heteroatoms. The highest BCUT2D eigenvalue weighted by molar-refractivity contribution is 7.93. The summed E-state index contributed by atoms with van der Waals surface area (Å²) >= 11 is 0. The van der Waals surface area contributed by atoms with Crippen molar-refractivity contribution >= 4 is 27.2 Å². The second-order valence-electron chi connectivity index (χ2n) is 4.84. The minimum atomic E-state index is -4.06. The third-order valence-corrected chi connectivity index (χ3v) is 5.24. The van der Waals surface area contributed by atoms with Gasteiger partial charge >= 0.3 is 0 Å². The standard InChI is InChI=1S/C15H18O5S/c1-4-5-14(18)12-6-8-13(9-7-12)21(19,20)15(10(2)16)11(3)17/h6-9,15H,4-5H2,1-3H3. The van der Waals surface area contributed by atoms with E-state index >= 15 is 0 Å². The quantitative estimate of drug-likeness (QED) is 0.568. The average molecular weight is 310 g/mol. The monoisotopic (exact) mass is 310 g/mol. The fourth-order valence-corrected chi connectivity index (χ4v) is 3.72. The van der Waals surface area contributed by atoms with Gasteiger partial charge in [0.2, 0.25) is 0 Å². The fraction of sp³-hybridized carbons (Fsp3) is 0.400. The van der Waals surface area contributed by atoms with Crippen LogP contribution >= 0.6 is 0 Å².